The number of rotatable bonds is 4. The van der Waals surface area contributed by atoms with Crippen LogP contribution in [-0.4, -0.2) is 39.7 Å². The number of nitrogens with one attached hydrogen (secondary N) is 2. The largest absolute Gasteiger partial charge is 0.479 e. The first kappa shape index (κ1) is 15.3. The summed E-state index contributed by atoms with van der Waals surface area (Å²) in [4.78, 5) is 11.7. The molecule has 0 bridgehead atoms. The molecule has 22 heavy (non-hydrogen) atoms. The zero-order valence-electron chi connectivity index (χ0n) is 12.2. The highest BCUT2D eigenvalue weighted by Crippen LogP contribution is 2.31. The average molecular weight is 326 g/mol. The van der Waals surface area contributed by atoms with Crippen LogP contribution in [0.3, 0.4) is 0 Å². The molecule has 1 amide bonds. The zero-order valence-corrected chi connectivity index (χ0v) is 13.0. The van der Waals surface area contributed by atoms with Crippen molar-refractivity contribution in [3.63, 3.8) is 0 Å². The van der Waals surface area contributed by atoms with Gasteiger partial charge in [-0.1, -0.05) is 0 Å². The molecule has 1 fully saturated rings. The molecule has 0 unspecified atom stereocenters. The van der Waals surface area contributed by atoms with Crippen LogP contribution >= 0.6 is 0 Å². The van der Waals surface area contributed by atoms with E-state index in [0.29, 0.717) is 18.0 Å². The van der Waals surface area contributed by atoms with Gasteiger partial charge in [0.1, 0.15) is 5.75 Å². The first-order valence-corrected chi connectivity index (χ1v) is 8.67. The van der Waals surface area contributed by atoms with E-state index in [-0.39, 0.29) is 23.5 Å². The van der Waals surface area contributed by atoms with Gasteiger partial charge in [0, 0.05) is 13.2 Å². The molecule has 0 spiro atoms. The van der Waals surface area contributed by atoms with Crippen LogP contribution in [0.2, 0.25) is 0 Å². The lowest BCUT2D eigenvalue weighted by Gasteiger charge is -2.23. The van der Waals surface area contributed by atoms with Crippen LogP contribution in [-0.2, 0) is 19.6 Å². The van der Waals surface area contributed by atoms with Crippen LogP contribution in [0.4, 0.5) is 5.69 Å². The van der Waals surface area contributed by atoms with Gasteiger partial charge in [-0.2, -0.15) is 0 Å². The summed E-state index contributed by atoms with van der Waals surface area (Å²) in [6.45, 7) is 2.55. The molecule has 2 atom stereocenters. The standard InChI is InChI=1S/C14H18N2O5S/c1-9-14(17)16-12-7-11(4-5-13(12)21-9)22(18,19)15-8-10-3-2-6-20-10/h4-5,7,9-10,15H,2-3,6,8H2,1H3,(H,16,17)/t9-,10+/m0/s1. The van der Waals surface area contributed by atoms with Gasteiger partial charge in [-0.25, -0.2) is 13.1 Å². The van der Waals surface area contributed by atoms with Crippen molar-refractivity contribution in [3.8, 4) is 5.75 Å². The molecule has 1 aromatic rings. The van der Waals surface area contributed by atoms with Gasteiger partial charge in [-0.05, 0) is 38.0 Å². The Hall–Kier alpha value is -1.64. The van der Waals surface area contributed by atoms with E-state index in [0.717, 1.165) is 12.8 Å². The molecule has 0 radical (unpaired) electrons. The van der Waals surface area contributed by atoms with E-state index in [4.69, 9.17) is 9.47 Å². The highest BCUT2D eigenvalue weighted by molar-refractivity contribution is 7.89. The predicted molar refractivity (Wildman–Crippen MR) is 79.3 cm³/mol. The first-order valence-electron chi connectivity index (χ1n) is 7.18. The van der Waals surface area contributed by atoms with E-state index in [1.807, 2.05) is 0 Å². The van der Waals surface area contributed by atoms with Crippen LogP contribution in [0.25, 0.3) is 0 Å². The van der Waals surface area contributed by atoms with Gasteiger partial charge in [0.05, 0.1) is 16.7 Å². The maximum Gasteiger partial charge on any atom is 0.265 e. The summed E-state index contributed by atoms with van der Waals surface area (Å²) in [5, 5.41) is 2.64. The highest BCUT2D eigenvalue weighted by Gasteiger charge is 2.26. The SMILES string of the molecule is C[C@@H]1Oc2ccc(S(=O)(=O)NC[C@H]3CCCO3)cc2NC1=O. The van der Waals surface area contributed by atoms with Gasteiger partial charge in [0.15, 0.2) is 6.10 Å². The number of benzene rings is 1. The third kappa shape index (κ3) is 3.08. The molecular weight excluding hydrogens is 308 g/mol. The molecule has 0 aromatic heterocycles. The number of fused-ring (bicyclic) bond motifs is 1. The maximum absolute atomic E-state index is 12.3. The minimum absolute atomic E-state index is 0.0729. The maximum atomic E-state index is 12.3. The monoisotopic (exact) mass is 326 g/mol. The summed E-state index contributed by atoms with van der Waals surface area (Å²) in [5.41, 5.74) is 0.364. The summed E-state index contributed by atoms with van der Waals surface area (Å²) in [5.74, 6) is 0.166. The average Bonchev–Trinajstić information content (AvgIpc) is 2.99. The lowest BCUT2D eigenvalue weighted by atomic mass is 10.2. The highest BCUT2D eigenvalue weighted by atomic mass is 32.2. The molecule has 8 heteroatoms. The van der Waals surface area contributed by atoms with E-state index in [1.54, 1.807) is 13.0 Å². The lowest BCUT2D eigenvalue weighted by molar-refractivity contribution is -0.122. The molecule has 7 nitrogen and oxygen atoms in total. The van der Waals surface area contributed by atoms with Crippen LogP contribution in [0.15, 0.2) is 23.1 Å². The molecule has 1 saturated heterocycles. The van der Waals surface area contributed by atoms with Crippen molar-refractivity contribution >= 4 is 21.6 Å². The molecule has 0 saturated carbocycles. The van der Waals surface area contributed by atoms with Gasteiger partial charge in [0.2, 0.25) is 10.0 Å². The molecule has 2 N–H and O–H groups in total. The second kappa shape index (κ2) is 5.86. The number of sulfonamides is 1. The van der Waals surface area contributed by atoms with Gasteiger partial charge in [-0.3, -0.25) is 4.79 Å². The fraction of sp³-hybridized carbons (Fsp3) is 0.500. The summed E-state index contributed by atoms with van der Waals surface area (Å²) in [7, 11) is -3.65. The Morgan fingerprint density at radius 1 is 1.41 bits per heavy atom. The third-order valence-corrected chi connectivity index (χ3v) is 5.14. The predicted octanol–water partition coefficient (Wildman–Crippen LogP) is 0.863. The minimum Gasteiger partial charge on any atom is -0.479 e. The minimum atomic E-state index is -3.65. The van der Waals surface area contributed by atoms with Crippen molar-refractivity contribution < 1.29 is 22.7 Å². The van der Waals surface area contributed by atoms with E-state index >= 15 is 0 Å². The zero-order chi connectivity index (χ0) is 15.7. The topological polar surface area (TPSA) is 93.7 Å². The number of ether oxygens (including phenoxy) is 2. The van der Waals surface area contributed by atoms with Crippen LogP contribution in [0.5, 0.6) is 5.75 Å². The van der Waals surface area contributed by atoms with Crippen molar-refractivity contribution in [1.82, 2.24) is 4.72 Å². The van der Waals surface area contributed by atoms with Crippen LogP contribution in [0.1, 0.15) is 19.8 Å². The fourth-order valence-electron chi connectivity index (χ4n) is 2.45. The molecule has 1 aromatic carbocycles. The Bertz CT molecular complexity index is 682. The number of amides is 1. The second-order valence-electron chi connectivity index (χ2n) is 5.39. The Morgan fingerprint density at radius 2 is 2.23 bits per heavy atom. The Morgan fingerprint density at radius 3 is 2.95 bits per heavy atom. The summed E-state index contributed by atoms with van der Waals surface area (Å²) in [6.07, 6.45) is 1.14. The molecule has 2 aliphatic heterocycles. The number of hydrogen-bond donors (Lipinski definition) is 2. The molecular formula is C14H18N2O5S. The van der Waals surface area contributed by atoms with Crippen LogP contribution in [0, 0.1) is 0 Å². The Kier molecular flexibility index (Phi) is 4.07. The van der Waals surface area contributed by atoms with Crippen LogP contribution < -0.4 is 14.8 Å². The molecule has 2 heterocycles. The van der Waals surface area contributed by atoms with E-state index in [1.165, 1.54) is 12.1 Å². The third-order valence-electron chi connectivity index (χ3n) is 3.72. The summed E-state index contributed by atoms with van der Waals surface area (Å²) < 4.78 is 37.9. The number of carbonyl (C=O) groups is 1. The Balaban J connectivity index is 1.76. The first-order chi connectivity index (χ1) is 10.5. The van der Waals surface area contributed by atoms with Gasteiger partial charge in [0.25, 0.3) is 5.91 Å². The fourth-order valence-corrected chi connectivity index (χ4v) is 3.54. The smallest absolute Gasteiger partial charge is 0.265 e. The lowest BCUT2D eigenvalue weighted by Crippen LogP contribution is -2.35. The Labute approximate surface area is 129 Å². The van der Waals surface area contributed by atoms with Crippen molar-refractivity contribution in [2.45, 2.75) is 36.9 Å². The summed E-state index contributed by atoms with van der Waals surface area (Å²) in [6, 6.07) is 4.41. The van der Waals surface area contributed by atoms with Crippen molar-refractivity contribution in [2.24, 2.45) is 0 Å². The van der Waals surface area contributed by atoms with Gasteiger partial charge < -0.3 is 14.8 Å². The normalized spacial score (nSPS) is 24.5. The van der Waals surface area contributed by atoms with Crippen molar-refractivity contribution in [1.29, 1.82) is 0 Å². The van der Waals surface area contributed by atoms with Crippen molar-refractivity contribution in [2.75, 3.05) is 18.5 Å². The quantitative estimate of drug-likeness (QED) is 0.856. The number of hydrogen-bond acceptors (Lipinski definition) is 5. The molecule has 2 aliphatic rings. The summed E-state index contributed by atoms with van der Waals surface area (Å²) >= 11 is 0. The number of anilines is 1. The van der Waals surface area contributed by atoms with E-state index < -0.39 is 16.1 Å². The molecule has 0 aliphatic carbocycles. The van der Waals surface area contributed by atoms with Gasteiger partial charge in [-0.15, -0.1) is 0 Å². The van der Waals surface area contributed by atoms with E-state index in [2.05, 4.69) is 10.0 Å². The van der Waals surface area contributed by atoms with Crippen molar-refractivity contribution in [3.05, 3.63) is 18.2 Å². The molecule has 120 valence electrons. The molecule has 3 rings (SSSR count). The second-order valence-corrected chi connectivity index (χ2v) is 7.16. The van der Waals surface area contributed by atoms with Gasteiger partial charge >= 0.3 is 0 Å². The number of carbonyl (C=O) groups excluding carboxylic acids is 1. The van der Waals surface area contributed by atoms with E-state index in [9.17, 15) is 13.2 Å².